The van der Waals surface area contributed by atoms with Crippen molar-refractivity contribution in [2.24, 2.45) is 0 Å². The highest BCUT2D eigenvalue weighted by Crippen LogP contribution is 2.39. The number of fused-ring (bicyclic) bond motifs is 1. The van der Waals surface area contributed by atoms with Crippen molar-refractivity contribution >= 4 is 33.9 Å². The third kappa shape index (κ3) is 5.71. The van der Waals surface area contributed by atoms with Crippen LogP contribution in [-0.4, -0.2) is 45.8 Å². The number of hydrogen-bond acceptors (Lipinski definition) is 6. The Morgan fingerprint density at radius 2 is 1.78 bits per heavy atom. The van der Waals surface area contributed by atoms with Crippen LogP contribution < -0.4 is 10.1 Å². The van der Waals surface area contributed by atoms with Gasteiger partial charge in [-0.1, -0.05) is 37.6 Å². The summed E-state index contributed by atoms with van der Waals surface area (Å²) in [5, 5.41) is 26.0. The van der Waals surface area contributed by atoms with Crippen LogP contribution >= 0.6 is 11.6 Å². The van der Waals surface area contributed by atoms with Crippen LogP contribution in [0.1, 0.15) is 25.0 Å². The molecular weight excluding hydrogens is 478 g/mol. The molecule has 0 amide bonds. The average molecular weight is 510 g/mol. The van der Waals surface area contributed by atoms with E-state index in [4.69, 9.17) is 16.3 Å². The number of ether oxygens (including phenoxy) is 1. The van der Waals surface area contributed by atoms with E-state index in [1.807, 2.05) is 54.6 Å². The first kappa shape index (κ1) is 27.2. The Morgan fingerprint density at radius 3 is 2.47 bits per heavy atom. The van der Waals surface area contributed by atoms with Crippen molar-refractivity contribution in [1.29, 1.82) is 0 Å². The number of pyridine rings is 1. The molecule has 0 unspecified atom stereocenters. The molecule has 7 nitrogen and oxygen atoms in total. The SMILES string of the molecule is CCN(CC)Cc1cc(Nc2ccnc3cc(Cl)ccc23)cc(-c2ccc(CO)c(OC)c2)c1O.O. The maximum absolute atomic E-state index is 11.3. The number of nitrogens with one attached hydrogen (secondary N) is 1. The van der Waals surface area contributed by atoms with Gasteiger partial charge >= 0.3 is 0 Å². The summed E-state index contributed by atoms with van der Waals surface area (Å²) in [6.07, 6.45) is 1.75. The second-order valence-electron chi connectivity index (χ2n) is 8.32. The van der Waals surface area contributed by atoms with Gasteiger partial charge in [-0.15, -0.1) is 0 Å². The third-order valence-electron chi connectivity index (χ3n) is 6.23. The summed E-state index contributed by atoms with van der Waals surface area (Å²) in [6.45, 7) is 6.45. The number of aromatic nitrogens is 1. The molecule has 0 aliphatic carbocycles. The maximum Gasteiger partial charge on any atom is 0.128 e. The number of anilines is 2. The molecule has 8 heteroatoms. The fraction of sp³-hybridized carbons (Fsp3) is 0.250. The molecule has 4 aromatic rings. The predicted molar refractivity (Wildman–Crippen MR) is 146 cm³/mol. The molecule has 0 aliphatic heterocycles. The summed E-state index contributed by atoms with van der Waals surface area (Å²) < 4.78 is 5.47. The molecule has 36 heavy (non-hydrogen) atoms. The number of aromatic hydroxyl groups is 1. The molecule has 190 valence electrons. The zero-order valence-corrected chi connectivity index (χ0v) is 21.4. The molecule has 0 spiro atoms. The van der Waals surface area contributed by atoms with Gasteiger partial charge in [-0.3, -0.25) is 9.88 Å². The highest BCUT2D eigenvalue weighted by atomic mass is 35.5. The van der Waals surface area contributed by atoms with E-state index in [-0.39, 0.29) is 17.8 Å². The molecule has 3 aromatic carbocycles. The van der Waals surface area contributed by atoms with E-state index >= 15 is 0 Å². The van der Waals surface area contributed by atoms with Crippen molar-refractivity contribution in [3.05, 3.63) is 76.9 Å². The van der Waals surface area contributed by atoms with Crippen molar-refractivity contribution in [3.8, 4) is 22.6 Å². The van der Waals surface area contributed by atoms with Gasteiger partial charge in [0.05, 0.1) is 19.2 Å². The highest BCUT2D eigenvalue weighted by molar-refractivity contribution is 6.31. The second-order valence-corrected chi connectivity index (χ2v) is 8.76. The number of aliphatic hydroxyl groups excluding tert-OH is 1. The number of phenols is 1. The summed E-state index contributed by atoms with van der Waals surface area (Å²) in [4.78, 5) is 6.68. The molecule has 0 atom stereocenters. The zero-order valence-electron chi connectivity index (χ0n) is 20.7. The molecule has 0 saturated carbocycles. The van der Waals surface area contributed by atoms with Gasteiger partial charge in [0.1, 0.15) is 11.5 Å². The van der Waals surface area contributed by atoms with Crippen LogP contribution in [0.4, 0.5) is 11.4 Å². The van der Waals surface area contributed by atoms with Crippen molar-refractivity contribution in [1.82, 2.24) is 9.88 Å². The van der Waals surface area contributed by atoms with E-state index in [1.165, 1.54) is 0 Å². The number of hydrogen-bond donors (Lipinski definition) is 3. The van der Waals surface area contributed by atoms with Gasteiger partial charge in [0.2, 0.25) is 0 Å². The number of halogens is 1. The summed E-state index contributed by atoms with van der Waals surface area (Å²) >= 11 is 6.16. The lowest BCUT2D eigenvalue weighted by Gasteiger charge is -2.21. The van der Waals surface area contributed by atoms with Crippen LogP contribution in [0.15, 0.2) is 60.8 Å². The minimum absolute atomic E-state index is 0. The van der Waals surface area contributed by atoms with Crippen molar-refractivity contribution in [2.45, 2.75) is 27.0 Å². The molecule has 1 heterocycles. The molecule has 4 rings (SSSR count). The lowest BCUT2D eigenvalue weighted by Crippen LogP contribution is -2.22. The van der Waals surface area contributed by atoms with Gasteiger partial charge in [0.25, 0.3) is 0 Å². The van der Waals surface area contributed by atoms with E-state index in [2.05, 4.69) is 29.0 Å². The average Bonchev–Trinajstić information content (AvgIpc) is 2.88. The first-order valence-corrected chi connectivity index (χ1v) is 12.0. The Morgan fingerprint density at radius 1 is 1.00 bits per heavy atom. The van der Waals surface area contributed by atoms with Gasteiger partial charge in [-0.05, 0) is 61.1 Å². The Hall–Kier alpha value is -3.36. The predicted octanol–water partition coefficient (Wildman–Crippen LogP) is 5.52. The first-order chi connectivity index (χ1) is 17.0. The molecule has 0 aliphatic rings. The number of methoxy groups -OCH3 is 1. The van der Waals surface area contributed by atoms with Crippen LogP contribution in [0.25, 0.3) is 22.0 Å². The van der Waals surface area contributed by atoms with Gasteiger partial charge in [0.15, 0.2) is 0 Å². The van der Waals surface area contributed by atoms with E-state index in [9.17, 15) is 10.2 Å². The first-order valence-electron chi connectivity index (χ1n) is 11.6. The van der Waals surface area contributed by atoms with Gasteiger partial charge in [-0.2, -0.15) is 0 Å². The Labute approximate surface area is 216 Å². The molecular formula is C28H32ClN3O4. The molecule has 0 bridgehead atoms. The smallest absolute Gasteiger partial charge is 0.128 e. The number of benzene rings is 3. The Balaban J connectivity index is 0.00000361. The monoisotopic (exact) mass is 509 g/mol. The van der Waals surface area contributed by atoms with Crippen LogP contribution in [0.3, 0.4) is 0 Å². The largest absolute Gasteiger partial charge is 0.507 e. The van der Waals surface area contributed by atoms with E-state index in [0.29, 0.717) is 28.4 Å². The molecule has 0 fully saturated rings. The van der Waals surface area contributed by atoms with E-state index in [1.54, 1.807) is 13.3 Å². The summed E-state index contributed by atoms with van der Waals surface area (Å²) in [5.74, 6) is 0.803. The lowest BCUT2D eigenvalue weighted by molar-refractivity contribution is 0.274. The molecule has 5 N–H and O–H groups in total. The fourth-order valence-electron chi connectivity index (χ4n) is 4.22. The number of nitrogens with zero attached hydrogens (tertiary/aromatic N) is 2. The van der Waals surface area contributed by atoms with Crippen molar-refractivity contribution in [2.75, 3.05) is 25.5 Å². The summed E-state index contributed by atoms with van der Waals surface area (Å²) in [5.41, 5.74) is 5.52. The number of phenolic OH excluding ortho intramolecular Hbond substituents is 1. The van der Waals surface area contributed by atoms with Crippen molar-refractivity contribution < 1.29 is 20.4 Å². The van der Waals surface area contributed by atoms with Crippen LogP contribution in [-0.2, 0) is 13.2 Å². The van der Waals surface area contributed by atoms with Crippen LogP contribution in [0.2, 0.25) is 5.02 Å². The molecule has 0 radical (unpaired) electrons. The van der Waals surface area contributed by atoms with Gasteiger partial charge < -0.3 is 25.7 Å². The summed E-state index contributed by atoms with van der Waals surface area (Å²) in [7, 11) is 1.57. The third-order valence-corrected chi connectivity index (χ3v) is 6.46. The lowest BCUT2D eigenvalue weighted by atomic mass is 9.98. The van der Waals surface area contributed by atoms with Crippen molar-refractivity contribution in [3.63, 3.8) is 0 Å². The maximum atomic E-state index is 11.3. The quantitative estimate of drug-likeness (QED) is 0.256. The zero-order chi connectivity index (χ0) is 24.9. The normalized spacial score (nSPS) is 10.9. The van der Waals surface area contributed by atoms with Gasteiger partial charge in [-0.25, -0.2) is 0 Å². The Kier molecular flexibility index (Phi) is 9.12. The van der Waals surface area contributed by atoms with E-state index < -0.39 is 0 Å². The second kappa shape index (κ2) is 12.1. The summed E-state index contributed by atoms with van der Waals surface area (Å²) in [6, 6.07) is 17.0. The molecule has 1 aromatic heterocycles. The highest BCUT2D eigenvalue weighted by Gasteiger charge is 2.16. The fourth-order valence-corrected chi connectivity index (χ4v) is 4.39. The minimum atomic E-state index is -0.122. The number of rotatable bonds is 9. The minimum Gasteiger partial charge on any atom is -0.507 e. The topological polar surface area (TPSA) is 109 Å². The Bertz CT molecular complexity index is 1340. The standard InChI is InChI=1S/C28H30ClN3O3.H2O/c1-4-32(5-2)16-20-12-22(31-25-10-11-30-26-14-21(29)8-9-23(25)26)15-24(28(20)34)18-6-7-19(17-33)27(13-18)35-3;/h6-15,33-34H,4-5,16-17H2,1-3H3,(H,30,31);1H2. The van der Waals surface area contributed by atoms with Crippen LogP contribution in [0, 0.1) is 0 Å². The number of aliphatic hydroxyl groups is 1. The molecule has 0 saturated heterocycles. The van der Waals surface area contributed by atoms with E-state index in [0.717, 1.165) is 46.5 Å². The van der Waals surface area contributed by atoms with Crippen LogP contribution in [0.5, 0.6) is 11.5 Å². The van der Waals surface area contributed by atoms with Gasteiger partial charge in [0, 0.05) is 51.2 Å².